The molecule has 7 heteroatoms. The molecule has 0 fully saturated rings. The molecule has 1 aliphatic rings. The van der Waals surface area contributed by atoms with E-state index in [1.165, 1.54) is 23.5 Å². The van der Waals surface area contributed by atoms with Crippen LogP contribution in [0.1, 0.15) is 28.4 Å². The minimum Gasteiger partial charge on any atom is -0.495 e. The average Bonchev–Trinajstić information content (AvgIpc) is 3.10. The number of methoxy groups -OCH3 is 1. The summed E-state index contributed by atoms with van der Waals surface area (Å²) in [5, 5.41) is 2.82. The number of nitrogens with zero attached hydrogens (tertiary/aromatic N) is 1. The molecule has 0 saturated carbocycles. The first-order valence-corrected chi connectivity index (χ1v) is 11.4. The quantitative estimate of drug-likeness (QED) is 0.643. The first-order valence-electron chi connectivity index (χ1n) is 9.99. The Labute approximate surface area is 182 Å². The number of hydrogen-bond donors (Lipinski definition) is 1. The Hall–Kier alpha value is -3.32. The fourth-order valence-electron chi connectivity index (χ4n) is 3.93. The van der Waals surface area contributed by atoms with Gasteiger partial charge in [-0.1, -0.05) is 30.3 Å². The summed E-state index contributed by atoms with van der Waals surface area (Å²) in [6, 6.07) is 18.9. The summed E-state index contributed by atoms with van der Waals surface area (Å²) in [6.45, 7) is 3.80. The monoisotopic (exact) mass is 436 g/mol. The molecule has 0 radical (unpaired) electrons. The van der Waals surface area contributed by atoms with Crippen molar-refractivity contribution in [1.82, 2.24) is 0 Å². The zero-order valence-electron chi connectivity index (χ0n) is 17.6. The number of amides is 1. The van der Waals surface area contributed by atoms with Crippen LogP contribution in [0.5, 0.6) is 5.75 Å². The van der Waals surface area contributed by atoms with Gasteiger partial charge >= 0.3 is 0 Å². The topological polar surface area (TPSA) is 75.7 Å². The fourth-order valence-corrected chi connectivity index (χ4v) is 5.67. The molecule has 0 aromatic heterocycles. The van der Waals surface area contributed by atoms with E-state index in [9.17, 15) is 13.2 Å². The largest absolute Gasteiger partial charge is 0.495 e. The van der Waals surface area contributed by atoms with E-state index >= 15 is 0 Å². The molecule has 0 bridgehead atoms. The Kier molecular flexibility index (Phi) is 5.45. The smallest absolute Gasteiger partial charge is 0.264 e. The molecule has 1 heterocycles. The fraction of sp³-hybridized carbons (Fsp3) is 0.208. The van der Waals surface area contributed by atoms with Gasteiger partial charge in [0.25, 0.3) is 15.9 Å². The summed E-state index contributed by atoms with van der Waals surface area (Å²) in [6.07, 6.45) is 0.655. The number of benzene rings is 3. The van der Waals surface area contributed by atoms with Crippen molar-refractivity contribution >= 4 is 27.3 Å². The third-order valence-electron chi connectivity index (χ3n) is 5.40. The van der Waals surface area contributed by atoms with Gasteiger partial charge in [0.15, 0.2) is 0 Å². The summed E-state index contributed by atoms with van der Waals surface area (Å²) < 4.78 is 33.7. The average molecular weight is 437 g/mol. The number of sulfonamides is 1. The van der Waals surface area contributed by atoms with Crippen LogP contribution < -0.4 is 14.4 Å². The number of rotatable bonds is 5. The Morgan fingerprint density at radius 1 is 1.06 bits per heavy atom. The van der Waals surface area contributed by atoms with Crippen LogP contribution in [0.4, 0.5) is 11.4 Å². The zero-order valence-corrected chi connectivity index (χ0v) is 18.4. The molecule has 3 aromatic rings. The molecule has 6 nitrogen and oxygen atoms in total. The molecule has 3 aromatic carbocycles. The van der Waals surface area contributed by atoms with Crippen LogP contribution in [0.25, 0.3) is 0 Å². The number of carbonyl (C=O) groups is 1. The van der Waals surface area contributed by atoms with Crippen LogP contribution >= 0.6 is 0 Å². The lowest BCUT2D eigenvalue weighted by Gasteiger charge is -2.24. The third-order valence-corrected chi connectivity index (χ3v) is 7.33. The predicted octanol–water partition coefficient (Wildman–Crippen LogP) is 4.40. The van der Waals surface area contributed by atoms with Gasteiger partial charge in [-0.3, -0.25) is 9.10 Å². The second kappa shape index (κ2) is 8.07. The number of para-hydroxylation sites is 1. The van der Waals surface area contributed by atoms with E-state index in [1.54, 1.807) is 24.3 Å². The standard InChI is InChI=1S/C24H24N2O4S/c1-16-11-12-23(30-3)21(13-16)25-24(27)19-8-6-9-20(15-19)31(28,29)26-17(2)14-18-7-4-5-10-22(18)26/h4-13,15,17H,14H2,1-3H3,(H,25,27). The summed E-state index contributed by atoms with van der Waals surface area (Å²) >= 11 is 0. The van der Waals surface area contributed by atoms with Gasteiger partial charge in [0.2, 0.25) is 0 Å². The van der Waals surface area contributed by atoms with E-state index in [4.69, 9.17) is 4.74 Å². The second-order valence-corrected chi connectivity index (χ2v) is 9.48. The van der Waals surface area contributed by atoms with Crippen molar-refractivity contribution in [2.24, 2.45) is 0 Å². The number of carbonyl (C=O) groups excluding carboxylic acids is 1. The summed E-state index contributed by atoms with van der Waals surface area (Å²) in [5.74, 6) is 0.126. The Bertz CT molecular complexity index is 1250. The van der Waals surface area contributed by atoms with Gasteiger partial charge in [0, 0.05) is 11.6 Å². The lowest BCUT2D eigenvalue weighted by molar-refractivity contribution is 0.102. The van der Waals surface area contributed by atoms with Gasteiger partial charge in [-0.25, -0.2) is 8.42 Å². The van der Waals surface area contributed by atoms with E-state index in [2.05, 4.69) is 5.32 Å². The van der Waals surface area contributed by atoms with Gasteiger partial charge in [-0.2, -0.15) is 0 Å². The maximum absolute atomic E-state index is 13.5. The van der Waals surface area contributed by atoms with Crippen molar-refractivity contribution in [1.29, 1.82) is 0 Å². The predicted molar refractivity (Wildman–Crippen MR) is 121 cm³/mol. The molecule has 1 unspecified atom stereocenters. The Morgan fingerprint density at radius 3 is 2.61 bits per heavy atom. The van der Waals surface area contributed by atoms with Crippen molar-refractivity contribution in [3.8, 4) is 5.75 Å². The number of ether oxygens (including phenoxy) is 1. The number of hydrogen-bond acceptors (Lipinski definition) is 4. The molecule has 1 amide bonds. The Morgan fingerprint density at radius 2 is 1.84 bits per heavy atom. The maximum atomic E-state index is 13.5. The number of nitrogens with one attached hydrogen (secondary N) is 1. The van der Waals surface area contributed by atoms with Crippen molar-refractivity contribution in [3.63, 3.8) is 0 Å². The zero-order chi connectivity index (χ0) is 22.2. The van der Waals surface area contributed by atoms with Gasteiger partial charge in [-0.15, -0.1) is 0 Å². The van der Waals surface area contributed by atoms with Gasteiger partial charge < -0.3 is 10.1 Å². The minimum atomic E-state index is -3.82. The summed E-state index contributed by atoms with van der Waals surface area (Å²) in [4.78, 5) is 13.0. The third kappa shape index (κ3) is 3.88. The maximum Gasteiger partial charge on any atom is 0.264 e. The van der Waals surface area contributed by atoms with Gasteiger partial charge in [0.05, 0.1) is 23.4 Å². The highest BCUT2D eigenvalue weighted by Gasteiger charge is 2.36. The molecule has 0 spiro atoms. The summed E-state index contributed by atoms with van der Waals surface area (Å²) in [5.41, 5.74) is 3.44. The molecule has 0 aliphatic carbocycles. The first kappa shape index (κ1) is 20.9. The van der Waals surface area contributed by atoms with Crippen LogP contribution in [0, 0.1) is 6.92 Å². The van der Waals surface area contributed by atoms with Crippen molar-refractivity contribution in [2.45, 2.75) is 31.2 Å². The minimum absolute atomic E-state index is 0.0833. The molecular formula is C24H24N2O4S. The van der Waals surface area contributed by atoms with Crippen molar-refractivity contribution in [2.75, 3.05) is 16.7 Å². The number of anilines is 2. The summed E-state index contributed by atoms with van der Waals surface area (Å²) in [7, 11) is -2.29. The van der Waals surface area contributed by atoms with Crippen LogP contribution in [0.15, 0.2) is 71.6 Å². The van der Waals surface area contributed by atoms with Crippen LogP contribution in [-0.4, -0.2) is 27.5 Å². The van der Waals surface area contributed by atoms with Crippen LogP contribution in [0.3, 0.4) is 0 Å². The lowest BCUT2D eigenvalue weighted by Crippen LogP contribution is -2.35. The van der Waals surface area contributed by atoms with Crippen molar-refractivity contribution < 1.29 is 17.9 Å². The molecule has 1 aliphatic heterocycles. The first-order chi connectivity index (χ1) is 14.8. The highest BCUT2D eigenvalue weighted by Crippen LogP contribution is 2.36. The van der Waals surface area contributed by atoms with Crippen LogP contribution in [-0.2, 0) is 16.4 Å². The molecule has 31 heavy (non-hydrogen) atoms. The van der Waals surface area contributed by atoms with Gasteiger partial charge in [0.1, 0.15) is 5.75 Å². The van der Waals surface area contributed by atoms with E-state index < -0.39 is 15.9 Å². The normalized spacial score (nSPS) is 15.5. The van der Waals surface area contributed by atoms with Crippen LogP contribution in [0.2, 0.25) is 0 Å². The number of aryl methyl sites for hydroxylation is 1. The molecular weight excluding hydrogens is 412 g/mol. The van der Waals surface area contributed by atoms with E-state index in [-0.39, 0.29) is 16.5 Å². The lowest BCUT2D eigenvalue weighted by atomic mass is 10.1. The molecule has 160 valence electrons. The van der Waals surface area contributed by atoms with E-state index in [0.717, 1.165) is 11.1 Å². The highest BCUT2D eigenvalue weighted by atomic mass is 32.2. The number of fused-ring (bicyclic) bond motifs is 1. The molecule has 0 saturated heterocycles. The van der Waals surface area contributed by atoms with E-state index in [1.807, 2.05) is 44.2 Å². The Balaban J connectivity index is 1.66. The van der Waals surface area contributed by atoms with Gasteiger partial charge in [-0.05, 0) is 67.8 Å². The SMILES string of the molecule is COc1ccc(C)cc1NC(=O)c1cccc(S(=O)(=O)N2c3ccccc3CC2C)c1. The molecule has 1 N–H and O–H groups in total. The highest BCUT2D eigenvalue weighted by molar-refractivity contribution is 7.92. The molecule has 4 rings (SSSR count). The van der Waals surface area contributed by atoms with Crippen molar-refractivity contribution in [3.05, 3.63) is 83.4 Å². The second-order valence-electron chi connectivity index (χ2n) is 7.67. The van der Waals surface area contributed by atoms with E-state index in [0.29, 0.717) is 23.5 Å². The molecule has 1 atom stereocenters.